The lowest BCUT2D eigenvalue weighted by molar-refractivity contribution is 0.0647. The summed E-state index contributed by atoms with van der Waals surface area (Å²) in [5, 5.41) is 41.6. The molecule has 270 valence electrons. The lowest BCUT2D eigenvalue weighted by atomic mass is 10.0. The molecule has 0 radical (unpaired) electrons. The predicted molar refractivity (Wildman–Crippen MR) is 181 cm³/mol. The van der Waals surface area contributed by atoms with Crippen LogP contribution in [-0.4, -0.2) is 84.6 Å². The summed E-state index contributed by atoms with van der Waals surface area (Å²) in [6.07, 6.45) is 1.57. The van der Waals surface area contributed by atoms with E-state index in [0.29, 0.717) is 33.7 Å². The Balaban J connectivity index is 0.000000137. The van der Waals surface area contributed by atoms with E-state index in [2.05, 4.69) is 10.6 Å². The van der Waals surface area contributed by atoms with Gasteiger partial charge >= 0.3 is 0 Å². The highest BCUT2D eigenvalue weighted by atomic mass is 16.3. The maximum atomic E-state index is 11.4. The van der Waals surface area contributed by atoms with Crippen molar-refractivity contribution >= 4 is 47.3 Å². The largest absolute Gasteiger partial charge is 0.508 e. The second kappa shape index (κ2) is 14.4. The second-order valence-electron chi connectivity index (χ2n) is 11.7. The van der Waals surface area contributed by atoms with Gasteiger partial charge in [0.15, 0.2) is 0 Å². The van der Waals surface area contributed by atoms with Crippen molar-refractivity contribution in [1.29, 1.82) is 0 Å². The Bertz CT molecular complexity index is 2220. The van der Waals surface area contributed by atoms with Crippen molar-refractivity contribution in [3.63, 3.8) is 0 Å². The van der Waals surface area contributed by atoms with E-state index < -0.39 is 29.5 Å². The van der Waals surface area contributed by atoms with Crippen molar-refractivity contribution in [2.24, 2.45) is 5.84 Å². The number of carbonyl (C=O) groups excluding carboxylic acids is 8. The van der Waals surface area contributed by atoms with Gasteiger partial charge in [0.2, 0.25) is 0 Å². The summed E-state index contributed by atoms with van der Waals surface area (Å²) in [6.45, 7) is 1.98. The summed E-state index contributed by atoms with van der Waals surface area (Å²) in [6, 6.07) is 15.1. The number of hydrazine groups is 1. The lowest BCUT2D eigenvalue weighted by Crippen LogP contribution is -2.36. The lowest BCUT2D eigenvalue weighted by Gasteiger charge is -2.04. The predicted octanol–water partition coefficient (Wildman–Crippen LogP) is 1.98. The highest BCUT2D eigenvalue weighted by Crippen LogP contribution is 2.28. The average Bonchev–Trinajstić information content (AvgIpc) is 3.72. The zero-order valence-electron chi connectivity index (χ0n) is 27.8. The first-order valence-corrected chi connectivity index (χ1v) is 15.6. The number of phenolic OH excluding ortho intramolecular Hbond substituents is 4. The first kappa shape index (κ1) is 36.9. The Morgan fingerprint density at radius 1 is 0.509 bits per heavy atom. The number of aromatic hydroxyl groups is 4. The highest BCUT2D eigenvalue weighted by molar-refractivity contribution is 6.23. The topological polar surface area (TPSA) is 274 Å². The SMILES string of the molecule is CCCc1cc2c(cc1O)C(=O)NC2=O.CN1C(=O)c2ccc(O)cc2C1=O.NN1C(=O)c2ccc(O)cc2C1=O.O=C1NC(=O)c2cc(O)ccc21. The number of nitrogens with zero attached hydrogens (tertiary/aromatic N) is 2. The first-order valence-electron chi connectivity index (χ1n) is 15.6. The Kier molecular flexibility index (Phi) is 10.1. The minimum Gasteiger partial charge on any atom is -0.508 e. The zero-order chi connectivity index (χ0) is 38.9. The molecule has 4 aromatic rings. The number of hydrogen-bond donors (Lipinski definition) is 7. The number of amides is 8. The van der Waals surface area contributed by atoms with Crippen LogP contribution in [0, 0.1) is 0 Å². The summed E-state index contributed by atoms with van der Waals surface area (Å²) in [4.78, 5) is 90.7. The van der Waals surface area contributed by atoms with Gasteiger partial charge < -0.3 is 20.4 Å². The number of benzene rings is 4. The molecule has 0 atom stereocenters. The summed E-state index contributed by atoms with van der Waals surface area (Å²) < 4.78 is 0. The Morgan fingerprint density at radius 2 is 0.887 bits per heavy atom. The maximum absolute atomic E-state index is 11.4. The molecule has 0 aromatic heterocycles. The monoisotopic (exact) mass is 723 g/mol. The van der Waals surface area contributed by atoms with Gasteiger partial charge in [-0.25, -0.2) is 10.9 Å². The van der Waals surface area contributed by atoms with E-state index in [0.717, 1.165) is 11.3 Å². The van der Waals surface area contributed by atoms with Gasteiger partial charge in [-0.15, -0.1) is 0 Å². The van der Waals surface area contributed by atoms with Crippen LogP contribution in [0.1, 0.15) is 102 Å². The third kappa shape index (κ3) is 7.12. The normalized spacial score (nSPS) is 14.5. The van der Waals surface area contributed by atoms with Crippen LogP contribution in [0.25, 0.3) is 0 Å². The van der Waals surface area contributed by atoms with Crippen LogP contribution in [0.2, 0.25) is 0 Å². The molecular formula is C36H29N5O12. The van der Waals surface area contributed by atoms with Crippen LogP contribution < -0.4 is 16.5 Å². The van der Waals surface area contributed by atoms with Gasteiger partial charge in [-0.1, -0.05) is 13.3 Å². The number of rotatable bonds is 2. The average molecular weight is 724 g/mol. The Labute approximate surface area is 298 Å². The molecule has 0 fully saturated rings. The van der Waals surface area contributed by atoms with E-state index >= 15 is 0 Å². The van der Waals surface area contributed by atoms with Crippen LogP contribution >= 0.6 is 0 Å². The van der Waals surface area contributed by atoms with Gasteiger partial charge in [0.05, 0.1) is 44.5 Å². The van der Waals surface area contributed by atoms with Crippen molar-refractivity contribution in [3.8, 4) is 23.0 Å². The maximum Gasteiger partial charge on any atom is 0.276 e. The van der Waals surface area contributed by atoms with E-state index in [4.69, 9.17) is 21.2 Å². The fraction of sp³-hybridized carbons (Fsp3) is 0.111. The minimum absolute atomic E-state index is 0.00444. The number of imide groups is 4. The van der Waals surface area contributed by atoms with Crippen LogP contribution in [0.5, 0.6) is 23.0 Å². The standard InChI is InChI=1S/C11H11NO3.C9H7NO3.C8H6N2O3.C8H5NO3/c1-2-3-6-4-7-8(5-9(6)13)11(15)12-10(7)14;1-10-8(12)6-3-2-5(11)4-7(6)9(10)13;9-10-7(12)5-2-1-4(11)3-6(5)8(10)13;10-4-1-2-5-6(3-4)8(12)9-7(5)11/h4-5,13H,2-3H2,1H3,(H,12,14,15);2-4,11H,1H3;1-3,11H,9H2;1-3,10H,(H,9,11,12). The van der Waals surface area contributed by atoms with Gasteiger partial charge in [0.25, 0.3) is 47.3 Å². The molecule has 8 rings (SSSR count). The van der Waals surface area contributed by atoms with E-state index in [1.165, 1.54) is 67.7 Å². The smallest absolute Gasteiger partial charge is 0.276 e. The minimum atomic E-state index is -0.587. The van der Waals surface area contributed by atoms with Gasteiger partial charge in [-0.05, 0) is 78.7 Å². The Hall–Kier alpha value is -7.40. The van der Waals surface area contributed by atoms with E-state index in [1.54, 1.807) is 6.07 Å². The number of hydrogen-bond acceptors (Lipinski definition) is 13. The molecule has 0 bridgehead atoms. The number of fused-ring (bicyclic) bond motifs is 4. The van der Waals surface area contributed by atoms with Gasteiger partial charge in [0.1, 0.15) is 23.0 Å². The fourth-order valence-corrected chi connectivity index (χ4v) is 5.47. The molecule has 0 saturated carbocycles. The van der Waals surface area contributed by atoms with Crippen LogP contribution in [0.3, 0.4) is 0 Å². The molecular weight excluding hydrogens is 694 g/mol. The highest BCUT2D eigenvalue weighted by Gasteiger charge is 2.34. The number of nitrogens with two attached hydrogens (primary N) is 1. The van der Waals surface area contributed by atoms with Crippen LogP contribution in [0.15, 0.2) is 66.7 Å². The van der Waals surface area contributed by atoms with Gasteiger partial charge in [-0.3, -0.25) is 53.9 Å². The molecule has 0 aliphatic carbocycles. The zero-order valence-corrected chi connectivity index (χ0v) is 27.8. The van der Waals surface area contributed by atoms with Crippen LogP contribution in [0.4, 0.5) is 0 Å². The summed E-state index contributed by atoms with van der Waals surface area (Å²) in [7, 11) is 1.42. The molecule has 0 spiro atoms. The number of nitrogens with one attached hydrogen (secondary N) is 2. The molecule has 8 N–H and O–H groups in total. The molecule has 17 nitrogen and oxygen atoms in total. The molecule has 4 heterocycles. The molecule has 17 heteroatoms. The molecule has 4 aromatic carbocycles. The van der Waals surface area contributed by atoms with E-state index in [9.17, 15) is 43.5 Å². The van der Waals surface area contributed by atoms with Crippen LogP contribution in [-0.2, 0) is 6.42 Å². The first-order chi connectivity index (χ1) is 25.0. The van der Waals surface area contributed by atoms with Crippen molar-refractivity contribution in [3.05, 3.63) is 117 Å². The Morgan fingerprint density at radius 3 is 1.42 bits per heavy atom. The molecule has 8 amide bonds. The molecule has 4 aliphatic rings. The summed E-state index contributed by atoms with van der Waals surface area (Å²) >= 11 is 0. The van der Waals surface area contributed by atoms with Crippen molar-refractivity contribution in [1.82, 2.24) is 20.5 Å². The third-order valence-electron chi connectivity index (χ3n) is 8.15. The van der Waals surface area contributed by atoms with Crippen molar-refractivity contribution in [2.75, 3.05) is 7.05 Å². The van der Waals surface area contributed by atoms with Crippen molar-refractivity contribution in [2.45, 2.75) is 19.8 Å². The second-order valence-corrected chi connectivity index (χ2v) is 11.7. The van der Waals surface area contributed by atoms with Crippen molar-refractivity contribution < 1.29 is 58.8 Å². The molecule has 4 aliphatic heterocycles. The fourth-order valence-electron chi connectivity index (χ4n) is 5.47. The van der Waals surface area contributed by atoms with E-state index in [-0.39, 0.29) is 68.5 Å². The molecule has 53 heavy (non-hydrogen) atoms. The van der Waals surface area contributed by atoms with Gasteiger partial charge in [-0.2, -0.15) is 0 Å². The molecule has 0 unspecified atom stereocenters. The quantitative estimate of drug-likeness (QED) is 0.0887. The number of phenols is 4. The summed E-state index contributed by atoms with van der Waals surface area (Å²) in [5.41, 5.74) is 2.88. The summed E-state index contributed by atoms with van der Waals surface area (Å²) in [5.74, 6) is 1.69. The number of carbonyl (C=O) groups is 8. The third-order valence-corrected chi connectivity index (χ3v) is 8.15. The molecule has 0 saturated heterocycles. The van der Waals surface area contributed by atoms with E-state index in [1.807, 2.05) is 6.92 Å². The number of aryl methyl sites for hydroxylation is 1. The van der Waals surface area contributed by atoms with Gasteiger partial charge in [0, 0.05) is 7.05 Å².